The zero-order valence-corrected chi connectivity index (χ0v) is 17.4. The zero-order chi connectivity index (χ0) is 19.9. The molecule has 3 heteroatoms. The number of piperidine rings is 1. The van der Waals surface area contributed by atoms with E-state index in [2.05, 4.69) is 4.90 Å². The van der Waals surface area contributed by atoms with Gasteiger partial charge in [0.2, 0.25) is 0 Å². The first-order chi connectivity index (χ1) is 14.3. The molecule has 0 unspecified atom stereocenters. The summed E-state index contributed by atoms with van der Waals surface area (Å²) in [5, 5.41) is 0. The number of hydrogen-bond acceptors (Lipinski definition) is 3. The molecule has 3 nitrogen and oxygen atoms in total. The smallest absolute Gasteiger partial charge is 0.150 e. The first-order valence-corrected chi connectivity index (χ1v) is 11.3. The summed E-state index contributed by atoms with van der Waals surface area (Å²) in [5.41, 5.74) is 2.63. The van der Waals surface area contributed by atoms with Gasteiger partial charge in [-0.3, -0.25) is 9.69 Å². The highest BCUT2D eigenvalue weighted by Crippen LogP contribution is 2.36. The zero-order valence-electron chi connectivity index (χ0n) is 17.4. The molecule has 0 spiro atoms. The summed E-state index contributed by atoms with van der Waals surface area (Å²) >= 11 is 0. The Morgan fingerprint density at radius 2 is 1.48 bits per heavy atom. The lowest BCUT2D eigenvalue weighted by Crippen LogP contribution is -2.38. The van der Waals surface area contributed by atoms with Gasteiger partial charge in [0.1, 0.15) is 12.4 Å². The second-order valence-electron chi connectivity index (χ2n) is 8.63. The second-order valence-corrected chi connectivity index (χ2v) is 8.63. The molecule has 0 bridgehead atoms. The van der Waals surface area contributed by atoms with E-state index in [4.69, 9.17) is 4.74 Å². The number of carbonyl (C=O) groups excluding carboxylic acids is 1. The summed E-state index contributed by atoms with van der Waals surface area (Å²) in [4.78, 5) is 14.0. The standard InChI is InChI=1S/C26H33NO2/c28-20-23-10-4-5-11-24(23)25-12-6-7-13-26(25)29-19-18-27-16-14-22(15-17-27)21-8-2-1-3-9-21/h4-7,10-13,20-22H,1-3,8-9,14-19H2. The highest BCUT2D eigenvalue weighted by molar-refractivity contribution is 5.89. The van der Waals surface area contributed by atoms with Crippen LogP contribution in [0.15, 0.2) is 48.5 Å². The number of rotatable bonds is 7. The molecule has 2 aromatic rings. The fraction of sp³-hybridized carbons (Fsp3) is 0.500. The molecule has 29 heavy (non-hydrogen) atoms. The van der Waals surface area contributed by atoms with E-state index in [1.54, 1.807) is 0 Å². The minimum absolute atomic E-state index is 0.689. The third kappa shape index (κ3) is 5.08. The SMILES string of the molecule is O=Cc1ccccc1-c1ccccc1OCCN1CCC(C2CCCCC2)CC1. The number of carbonyl (C=O) groups is 1. The van der Waals surface area contributed by atoms with Crippen LogP contribution in [0.2, 0.25) is 0 Å². The Balaban J connectivity index is 1.30. The van der Waals surface area contributed by atoms with E-state index in [0.717, 1.165) is 41.5 Å². The van der Waals surface area contributed by atoms with Crippen molar-refractivity contribution in [1.29, 1.82) is 0 Å². The minimum atomic E-state index is 0.689. The molecule has 0 N–H and O–H groups in total. The molecule has 1 aliphatic heterocycles. The van der Waals surface area contributed by atoms with Crippen molar-refractivity contribution in [3.63, 3.8) is 0 Å². The van der Waals surface area contributed by atoms with Crippen molar-refractivity contribution in [3.05, 3.63) is 54.1 Å². The number of aldehydes is 1. The fourth-order valence-corrected chi connectivity index (χ4v) is 5.20. The molecule has 2 aliphatic rings. The monoisotopic (exact) mass is 391 g/mol. The molecule has 0 atom stereocenters. The molecular weight excluding hydrogens is 358 g/mol. The van der Waals surface area contributed by atoms with Gasteiger partial charge in [0.05, 0.1) is 0 Å². The van der Waals surface area contributed by atoms with Crippen LogP contribution in [-0.4, -0.2) is 37.4 Å². The number of hydrogen-bond donors (Lipinski definition) is 0. The summed E-state index contributed by atoms with van der Waals surface area (Å²) in [5.74, 6) is 2.80. The van der Waals surface area contributed by atoms with Crippen molar-refractivity contribution >= 4 is 6.29 Å². The first-order valence-electron chi connectivity index (χ1n) is 11.3. The van der Waals surface area contributed by atoms with Crippen LogP contribution in [0.25, 0.3) is 11.1 Å². The lowest BCUT2D eigenvalue weighted by molar-refractivity contribution is 0.112. The number of likely N-dealkylation sites (tertiary alicyclic amines) is 1. The van der Waals surface area contributed by atoms with E-state index in [-0.39, 0.29) is 0 Å². The predicted octanol–water partition coefficient (Wildman–Crippen LogP) is 5.84. The molecular formula is C26H33NO2. The fourth-order valence-electron chi connectivity index (χ4n) is 5.20. The highest BCUT2D eigenvalue weighted by Gasteiger charge is 2.27. The van der Waals surface area contributed by atoms with Crippen LogP contribution in [0.3, 0.4) is 0 Å². The van der Waals surface area contributed by atoms with Gasteiger partial charge in [-0.25, -0.2) is 0 Å². The van der Waals surface area contributed by atoms with Gasteiger partial charge < -0.3 is 4.74 Å². The van der Waals surface area contributed by atoms with Crippen LogP contribution in [0.1, 0.15) is 55.3 Å². The van der Waals surface area contributed by atoms with Crippen molar-refractivity contribution in [2.24, 2.45) is 11.8 Å². The van der Waals surface area contributed by atoms with Crippen molar-refractivity contribution < 1.29 is 9.53 Å². The molecule has 1 saturated heterocycles. The maximum atomic E-state index is 11.4. The van der Waals surface area contributed by atoms with Gasteiger partial charge in [0.15, 0.2) is 6.29 Å². The molecule has 2 aromatic carbocycles. The molecule has 1 aliphatic carbocycles. The van der Waals surface area contributed by atoms with Gasteiger partial charge in [-0.15, -0.1) is 0 Å². The van der Waals surface area contributed by atoms with Gasteiger partial charge >= 0.3 is 0 Å². The van der Waals surface area contributed by atoms with Gasteiger partial charge in [0.25, 0.3) is 0 Å². The third-order valence-corrected chi connectivity index (χ3v) is 6.88. The van der Waals surface area contributed by atoms with E-state index in [0.29, 0.717) is 12.2 Å². The Morgan fingerprint density at radius 1 is 0.828 bits per heavy atom. The van der Waals surface area contributed by atoms with Crippen LogP contribution in [0, 0.1) is 11.8 Å². The summed E-state index contributed by atoms with van der Waals surface area (Å²) in [6.07, 6.45) is 10.9. The molecule has 2 fully saturated rings. The van der Waals surface area contributed by atoms with Gasteiger partial charge in [0, 0.05) is 17.7 Å². The Labute approximate surface area is 175 Å². The predicted molar refractivity (Wildman–Crippen MR) is 118 cm³/mol. The Bertz CT molecular complexity index is 789. The first kappa shape index (κ1) is 20.2. The summed E-state index contributed by atoms with van der Waals surface area (Å²) in [7, 11) is 0. The third-order valence-electron chi connectivity index (χ3n) is 6.88. The van der Waals surface area contributed by atoms with E-state index >= 15 is 0 Å². The Morgan fingerprint density at radius 3 is 2.24 bits per heavy atom. The molecule has 0 amide bonds. The van der Waals surface area contributed by atoms with Crippen LogP contribution < -0.4 is 4.74 Å². The maximum Gasteiger partial charge on any atom is 0.150 e. The van der Waals surface area contributed by atoms with Gasteiger partial charge in [-0.1, -0.05) is 74.6 Å². The molecule has 1 heterocycles. The lowest BCUT2D eigenvalue weighted by atomic mass is 9.76. The van der Waals surface area contributed by atoms with E-state index in [1.165, 1.54) is 58.0 Å². The number of benzene rings is 2. The van der Waals surface area contributed by atoms with Crippen molar-refractivity contribution in [3.8, 4) is 16.9 Å². The average Bonchev–Trinajstić information content (AvgIpc) is 2.80. The molecule has 0 aromatic heterocycles. The van der Waals surface area contributed by atoms with E-state index < -0.39 is 0 Å². The van der Waals surface area contributed by atoms with Gasteiger partial charge in [-0.05, 0) is 49.4 Å². The minimum Gasteiger partial charge on any atom is -0.492 e. The number of ether oxygens (including phenoxy) is 1. The van der Waals surface area contributed by atoms with E-state index in [1.807, 2.05) is 48.5 Å². The number of para-hydroxylation sites is 1. The summed E-state index contributed by atoms with van der Waals surface area (Å²) < 4.78 is 6.18. The van der Waals surface area contributed by atoms with Crippen LogP contribution in [0.4, 0.5) is 0 Å². The highest BCUT2D eigenvalue weighted by atomic mass is 16.5. The van der Waals surface area contributed by atoms with Crippen LogP contribution >= 0.6 is 0 Å². The Hall–Kier alpha value is -2.13. The van der Waals surface area contributed by atoms with Gasteiger partial charge in [-0.2, -0.15) is 0 Å². The molecule has 154 valence electrons. The topological polar surface area (TPSA) is 29.5 Å². The second kappa shape index (κ2) is 10.1. The van der Waals surface area contributed by atoms with Crippen LogP contribution in [-0.2, 0) is 0 Å². The molecule has 0 radical (unpaired) electrons. The number of nitrogens with zero attached hydrogens (tertiary/aromatic N) is 1. The van der Waals surface area contributed by atoms with Crippen LogP contribution in [0.5, 0.6) is 5.75 Å². The summed E-state index contributed by atoms with van der Waals surface area (Å²) in [6.45, 7) is 4.08. The molecule has 4 rings (SSSR count). The largest absolute Gasteiger partial charge is 0.492 e. The normalized spacial score (nSPS) is 19.2. The quantitative estimate of drug-likeness (QED) is 0.556. The van der Waals surface area contributed by atoms with Crippen molar-refractivity contribution in [2.75, 3.05) is 26.2 Å². The lowest BCUT2D eigenvalue weighted by Gasteiger charge is -2.37. The van der Waals surface area contributed by atoms with Crippen molar-refractivity contribution in [2.45, 2.75) is 44.9 Å². The average molecular weight is 392 g/mol. The maximum absolute atomic E-state index is 11.4. The molecule has 1 saturated carbocycles. The Kier molecular flexibility index (Phi) is 7.00. The summed E-state index contributed by atoms with van der Waals surface area (Å²) in [6, 6.07) is 15.7. The van der Waals surface area contributed by atoms with E-state index in [9.17, 15) is 4.79 Å². The van der Waals surface area contributed by atoms with Crippen molar-refractivity contribution in [1.82, 2.24) is 4.90 Å².